The Hall–Kier alpha value is -3.21. The molecule has 164 valence electrons. The predicted molar refractivity (Wildman–Crippen MR) is 114 cm³/mol. The van der Waals surface area contributed by atoms with Crippen molar-refractivity contribution in [3.05, 3.63) is 62.4 Å². The lowest BCUT2D eigenvalue weighted by atomic mass is 10.1. The van der Waals surface area contributed by atoms with E-state index >= 15 is 0 Å². The molecular formula is C20H19ClF2N4O4. The minimum absolute atomic E-state index is 0.0333. The molecular weight excluding hydrogens is 434 g/mol. The molecule has 0 fully saturated rings. The molecule has 0 aliphatic carbocycles. The summed E-state index contributed by atoms with van der Waals surface area (Å²) < 4.78 is 29.8. The number of aromatic nitrogens is 1. The van der Waals surface area contributed by atoms with Crippen LogP contribution < -0.4 is 22.2 Å². The van der Waals surface area contributed by atoms with Gasteiger partial charge in [-0.1, -0.05) is 11.6 Å². The second-order valence-corrected chi connectivity index (χ2v) is 7.10. The van der Waals surface area contributed by atoms with Crippen LogP contribution in [-0.2, 0) is 6.61 Å². The third kappa shape index (κ3) is 4.05. The molecule has 31 heavy (non-hydrogen) atoms. The molecule has 8 nitrogen and oxygen atoms in total. The fourth-order valence-corrected chi connectivity index (χ4v) is 3.55. The summed E-state index contributed by atoms with van der Waals surface area (Å²) in [5, 5.41) is 21.5. The molecule has 0 radical (unpaired) electrons. The van der Waals surface area contributed by atoms with E-state index in [0.29, 0.717) is 19.5 Å². The van der Waals surface area contributed by atoms with Crippen LogP contribution in [-0.4, -0.2) is 33.8 Å². The van der Waals surface area contributed by atoms with Crippen molar-refractivity contribution >= 4 is 39.8 Å². The smallest absolute Gasteiger partial charge is 0.341 e. The van der Waals surface area contributed by atoms with Gasteiger partial charge in [-0.2, -0.15) is 0 Å². The van der Waals surface area contributed by atoms with Crippen LogP contribution in [0.5, 0.6) is 0 Å². The fraction of sp³-hybridized carbons (Fsp3) is 0.200. The maximum Gasteiger partial charge on any atom is 0.341 e. The number of pyridine rings is 1. The number of anilines is 2. The van der Waals surface area contributed by atoms with E-state index in [1.165, 1.54) is 4.57 Å². The molecule has 3 aromatic rings. The number of aromatic carboxylic acids is 1. The van der Waals surface area contributed by atoms with Gasteiger partial charge >= 0.3 is 5.97 Å². The highest BCUT2D eigenvalue weighted by Gasteiger charge is 2.23. The minimum atomic E-state index is -1.55. The lowest BCUT2D eigenvalue weighted by molar-refractivity contribution is 0.0695. The standard InChI is InChI=1S/C20H19ClF2N4O4/c21-16-17(26-3-1-2-24)13(23)5-10-18(16)27(7-11(19(10)29)20(30)31)15-6-14(25)12(22)4-9(15)8-28/h4-7,26,28H,1-3,8,24-25H2,(H,30,31). The van der Waals surface area contributed by atoms with Crippen molar-refractivity contribution in [2.24, 2.45) is 5.73 Å². The lowest BCUT2D eigenvalue weighted by Crippen LogP contribution is -2.20. The van der Waals surface area contributed by atoms with Crippen molar-refractivity contribution in [1.82, 2.24) is 4.57 Å². The Morgan fingerprint density at radius 3 is 2.55 bits per heavy atom. The van der Waals surface area contributed by atoms with E-state index in [1.54, 1.807) is 0 Å². The van der Waals surface area contributed by atoms with Gasteiger partial charge in [0, 0.05) is 18.3 Å². The number of benzene rings is 2. The lowest BCUT2D eigenvalue weighted by Gasteiger charge is -2.19. The number of nitrogens with two attached hydrogens (primary N) is 2. The molecule has 0 aliphatic heterocycles. The minimum Gasteiger partial charge on any atom is -0.477 e. The summed E-state index contributed by atoms with van der Waals surface area (Å²) in [6, 6.07) is 3.02. The zero-order chi connectivity index (χ0) is 22.9. The van der Waals surface area contributed by atoms with E-state index in [9.17, 15) is 28.6 Å². The molecule has 0 unspecified atom stereocenters. The highest BCUT2D eigenvalue weighted by Crippen LogP contribution is 2.35. The first kappa shape index (κ1) is 22.5. The van der Waals surface area contributed by atoms with Gasteiger partial charge < -0.3 is 31.6 Å². The Kier molecular flexibility index (Phi) is 6.44. The average Bonchev–Trinajstić information content (AvgIpc) is 2.72. The Bertz CT molecular complexity index is 1250. The van der Waals surface area contributed by atoms with E-state index in [2.05, 4.69) is 5.32 Å². The number of rotatable bonds is 7. The molecule has 7 N–H and O–H groups in total. The monoisotopic (exact) mass is 452 g/mol. The Labute approximate surface area is 179 Å². The number of nitrogen functional groups attached to an aromatic ring is 1. The van der Waals surface area contributed by atoms with Crippen molar-refractivity contribution in [3.63, 3.8) is 0 Å². The van der Waals surface area contributed by atoms with Gasteiger partial charge in [0.1, 0.15) is 17.2 Å². The summed E-state index contributed by atoms with van der Waals surface area (Å²) in [4.78, 5) is 24.4. The number of hydrogen-bond donors (Lipinski definition) is 5. The van der Waals surface area contributed by atoms with E-state index in [4.69, 9.17) is 23.1 Å². The summed E-state index contributed by atoms with van der Waals surface area (Å²) in [7, 11) is 0. The van der Waals surface area contributed by atoms with Gasteiger partial charge in [0.05, 0.1) is 39.6 Å². The molecule has 2 aromatic carbocycles. The summed E-state index contributed by atoms with van der Waals surface area (Å²) in [5.74, 6) is -3.21. The Morgan fingerprint density at radius 2 is 1.94 bits per heavy atom. The third-order valence-electron chi connectivity index (χ3n) is 4.72. The fourth-order valence-electron chi connectivity index (χ4n) is 3.20. The van der Waals surface area contributed by atoms with E-state index in [1.807, 2.05) is 0 Å². The quantitative estimate of drug-likeness (QED) is 0.273. The van der Waals surface area contributed by atoms with E-state index < -0.39 is 35.2 Å². The Balaban J connectivity index is 2.46. The molecule has 0 bridgehead atoms. The summed E-state index contributed by atoms with van der Waals surface area (Å²) in [5.41, 5.74) is 9.19. The molecule has 3 rings (SSSR count). The van der Waals surface area contributed by atoms with Crippen molar-refractivity contribution in [1.29, 1.82) is 0 Å². The summed E-state index contributed by atoms with van der Waals surface area (Å²) in [6.07, 6.45) is 1.49. The second kappa shape index (κ2) is 8.88. The van der Waals surface area contributed by atoms with Crippen LogP contribution in [0.1, 0.15) is 22.3 Å². The van der Waals surface area contributed by atoms with Crippen molar-refractivity contribution < 1.29 is 23.8 Å². The van der Waals surface area contributed by atoms with Crippen LogP contribution in [0.2, 0.25) is 5.02 Å². The number of hydrogen-bond acceptors (Lipinski definition) is 6. The molecule has 0 spiro atoms. The first-order valence-corrected chi connectivity index (χ1v) is 9.52. The molecule has 0 saturated heterocycles. The number of halogens is 3. The molecule has 0 amide bonds. The van der Waals surface area contributed by atoms with Crippen LogP contribution in [0.25, 0.3) is 16.6 Å². The van der Waals surface area contributed by atoms with Crippen LogP contribution in [0, 0.1) is 11.6 Å². The number of nitrogens with zero attached hydrogens (tertiary/aromatic N) is 1. The number of nitrogens with one attached hydrogen (secondary N) is 1. The van der Waals surface area contributed by atoms with Gasteiger partial charge in [0.15, 0.2) is 0 Å². The third-order valence-corrected chi connectivity index (χ3v) is 5.09. The number of fused-ring (bicyclic) bond motifs is 1. The number of carboxylic acid groups (broad SMARTS) is 1. The van der Waals surface area contributed by atoms with Gasteiger partial charge in [0.25, 0.3) is 0 Å². The van der Waals surface area contributed by atoms with Crippen LogP contribution in [0.3, 0.4) is 0 Å². The van der Waals surface area contributed by atoms with Crippen LogP contribution in [0.15, 0.2) is 29.2 Å². The first-order chi connectivity index (χ1) is 14.7. The number of carbonyl (C=O) groups is 1. The highest BCUT2D eigenvalue weighted by molar-refractivity contribution is 6.38. The molecule has 1 aromatic heterocycles. The average molecular weight is 453 g/mol. The van der Waals surface area contributed by atoms with Crippen LogP contribution >= 0.6 is 11.6 Å². The van der Waals surface area contributed by atoms with Gasteiger partial charge in [-0.15, -0.1) is 0 Å². The summed E-state index contributed by atoms with van der Waals surface area (Å²) >= 11 is 6.44. The topological polar surface area (TPSA) is 144 Å². The van der Waals surface area contributed by atoms with Gasteiger partial charge in [0.2, 0.25) is 5.43 Å². The van der Waals surface area contributed by atoms with E-state index in [0.717, 1.165) is 24.4 Å². The number of aliphatic hydroxyl groups excluding tert-OH is 1. The zero-order valence-electron chi connectivity index (χ0n) is 16.1. The van der Waals surface area contributed by atoms with Gasteiger partial charge in [-0.3, -0.25) is 4.79 Å². The maximum atomic E-state index is 14.7. The first-order valence-electron chi connectivity index (χ1n) is 9.15. The van der Waals surface area contributed by atoms with Crippen molar-refractivity contribution in [2.45, 2.75) is 13.0 Å². The number of aliphatic hydroxyl groups is 1. The SMILES string of the molecule is NCCCNc1c(F)cc2c(=O)c(C(=O)O)cn(-c3cc(N)c(F)cc3CO)c2c1Cl. The number of carboxylic acids is 1. The molecule has 0 saturated carbocycles. The highest BCUT2D eigenvalue weighted by atomic mass is 35.5. The van der Waals surface area contributed by atoms with Gasteiger partial charge in [-0.25, -0.2) is 13.6 Å². The molecule has 11 heteroatoms. The molecule has 0 atom stereocenters. The second-order valence-electron chi connectivity index (χ2n) is 6.72. The normalized spacial score (nSPS) is 11.1. The predicted octanol–water partition coefficient (Wildman–Crippen LogP) is 2.46. The van der Waals surface area contributed by atoms with Gasteiger partial charge in [-0.05, 0) is 31.2 Å². The Morgan fingerprint density at radius 1 is 1.23 bits per heavy atom. The van der Waals surface area contributed by atoms with Crippen molar-refractivity contribution in [3.8, 4) is 5.69 Å². The summed E-state index contributed by atoms with van der Waals surface area (Å²) in [6.45, 7) is 0.0195. The largest absolute Gasteiger partial charge is 0.477 e. The van der Waals surface area contributed by atoms with Crippen LogP contribution in [0.4, 0.5) is 20.2 Å². The molecule has 0 aliphatic rings. The van der Waals surface area contributed by atoms with Crippen molar-refractivity contribution in [2.75, 3.05) is 24.1 Å². The zero-order valence-corrected chi connectivity index (χ0v) is 16.8. The van der Waals surface area contributed by atoms with E-state index in [-0.39, 0.29) is 38.6 Å². The molecule has 1 heterocycles. The maximum absolute atomic E-state index is 14.7.